The summed E-state index contributed by atoms with van der Waals surface area (Å²) in [6, 6.07) is 10.7. The molecule has 3 aromatic rings. The number of azo groups is 2. The van der Waals surface area contributed by atoms with E-state index in [4.69, 9.17) is 19.0 Å². The van der Waals surface area contributed by atoms with Crippen LogP contribution in [0.3, 0.4) is 0 Å². The van der Waals surface area contributed by atoms with Gasteiger partial charge in [-0.15, -0.1) is 20.4 Å². The number of hydrogen-bond donors (Lipinski definition) is 0. The van der Waals surface area contributed by atoms with Gasteiger partial charge in [-0.1, -0.05) is 27.7 Å². The van der Waals surface area contributed by atoms with Gasteiger partial charge in [0.2, 0.25) is 0 Å². The van der Waals surface area contributed by atoms with Crippen molar-refractivity contribution in [1.29, 1.82) is 0 Å². The van der Waals surface area contributed by atoms with Crippen LogP contribution in [-0.2, 0) is 30.1 Å². The third kappa shape index (κ3) is 7.00. The lowest BCUT2D eigenvalue weighted by Gasteiger charge is -2.48. The number of carbonyl (C=O) groups is 3. The van der Waals surface area contributed by atoms with E-state index < -0.39 is 29.3 Å². The Morgan fingerprint density at radius 1 is 0.827 bits per heavy atom. The molecule has 0 aromatic heterocycles. The lowest BCUT2D eigenvalue weighted by atomic mass is 9.69. The molecular formula is C36H39N7O9. The molecule has 3 aromatic carbocycles. The van der Waals surface area contributed by atoms with Crippen LogP contribution >= 0.6 is 0 Å². The van der Waals surface area contributed by atoms with Crippen molar-refractivity contribution in [2.45, 2.75) is 64.2 Å². The number of amides is 2. The minimum atomic E-state index is -0.910. The Labute approximate surface area is 299 Å². The number of benzene rings is 3. The van der Waals surface area contributed by atoms with Crippen molar-refractivity contribution in [1.82, 2.24) is 5.06 Å². The molecule has 3 heterocycles. The van der Waals surface area contributed by atoms with E-state index in [2.05, 4.69) is 53.1 Å². The fourth-order valence-corrected chi connectivity index (χ4v) is 6.56. The van der Waals surface area contributed by atoms with Crippen molar-refractivity contribution in [2.75, 3.05) is 38.8 Å². The number of ether oxygens (including phenoxy) is 3. The van der Waals surface area contributed by atoms with Gasteiger partial charge in [-0.25, -0.2) is 4.79 Å². The van der Waals surface area contributed by atoms with Crippen molar-refractivity contribution < 1.29 is 38.4 Å². The molecule has 0 radical (unpaired) electrons. The molecule has 2 amide bonds. The van der Waals surface area contributed by atoms with Crippen LogP contribution in [0.2, 0.25) is 0 Å². The first-order valence-electron chi connectivity index (χ1n) is 16.7. The molecule has 0 N–H and O–H groups in total. The van der Waals surface area contributed by atoms with E-state index in [1.807, 2.05) is 6.07 Å². The van der Waals surface area contributed by atoms with Crippen molar-refractivity contribution >= 4 is 51.9 Å². The van der Waals surface area contributed by atoms with Crippen molar-refractivity contribution in [3.05, 3.63) is 63.7 Å². The summed E-state index contributed by atoms with van der Waals surface area (Å²) >= 11 is 0. The maximum atomic E-state index is 12.9. The molecule has 52 heavy (non-hydrogen) atoms. The molecule has 1 fully saturated rings. The Balaban J connectivity index is 1.39. The summed E-state index contributed by atoms with van der Waals surface area (Å²) in [7, 11) is 2.93. The van der Waals surface area contributed by atoms with E-state index >= 15 is 0 Å². The minimum absolute atomic E-state index is 0.0237. The average Bonchev–Trinajstić information content (AvgIpc) is 3.43. The van der Waals surface area contributed by atoms with Crippen molar-refractivity contribution in [2.24, 2.45) is 20.5 Å². The molecule has 0 aliphatic carbocycles. The highest BCUT2D eigenvalue weighted by atomic mass is 16.7. The molecule has 0 saturated carbocycles. The van der Waals surface area contributed by atoms with Crippen LogP contribution in [0.15, 0.2) is 62.9 Å². The molecule has 3 aliphatic heterocycles. The zero-order chi connectivity index (χ0) is 37.4. The second-order valence-corrected chi connectivity index (χ2v) is 14.0. The summed E-state index contributed by atoms with van der Waals surface area (Å²) in [6.07, 6.45) is 1.69. The highest BCUT2D eigenvalue weighted by molar-refractivity contribution is 6.01. The number of nitrogens with zero attached hydrogens (tertiary/aromatic N) is 7. The predicted octanol–water partition coefficient (Wildman–Crippen LogP) is 7.60. The molecule has 1 saturated heterocycles. The first kappa shape index (κ1) is 35.9. The summed E-state index contributed by atoms with van der Waals surface area (Å²) in [4.78, 5) is 55.0. The predicted molar refractivity (Wildman–Crippen MR) is 188 cm³/mol. The average molecular weight is 714 g/mol. The molecule has 0 bridgehead atoms. The summed E-state index contributed by atoms with van der Waals surface area (Å²) in [6.45, 7) is 9.73. The summed E-state index contributed by atoms with van der Waals surface area (Å²) < 4.78 is 17.5. The van der Waals surface area contributed by atoms with Crippen molar-refractivity contribution in [3.8, 4) is 17.2 Å². The number of carbonyl (C=O) groups excluding carboxylic acids is 3. The Hall–Kier alpha value is -5.93. The van der Waals surface area contributed by atoms with Gasteiger partial charge in [0.1, 0.15) is 28.6 Å². The quantitative estimate of drug-likeness (QED) is 0.0828. The number of methoxy groups -OCH3 is 2. The van der Waals surface area contributed by atoms with Crippen LogP contribution in [0.1, 0.15) is 64.5 Å². The standard InChI is InChI=1S/C36H39N7O9/c1-35(2)13-15-41-16-14-36(3,4)32-33(41)23(35)17-26(34(32)51-20-31(46)52-42-29(44)11-12-30(42)45)40-39-25-19-27(49-5)24(18-28(25)50-6)38-37-21-7-9-22(10-8-21)43(47)48/h7-10,17-19H,11-16,20H2,1-6H3. The number of rotatable bonds is 11. The zero-order valence-corrected chi connectivity index (χ0v) is 29.8. The van der Waals surface area contributed by atoms with Gasteiger partial charge in [0.15, 0.2) is 12.4 Å². The first-order valence-corrected chi connectivity index (χ1v) is 16.7. The van der Waals surface area contributed by atoms with Crippen LogP contribution in [0.25, 0.3) is 0 Å². The maximum Gasteiger partial charge on any atom is 0.370 e. The number of nitro benzene ring substituents is 1. The van der Waals surface area contributed by atoms with Gasteiger partial charge in [-0.05, 0) is 47.4 Å². The number of hydrogen-bond acceptors (Lipinski definition) is 14. The largest absolute Gasteiger partial charge is 0.494 e. The van der Waals surface area contributed by atoms with Gasteiger partial charge in [0, 0.05) is 61.4 Å². The monoisotopic (exact) mass is 713 g/mol. The number of hydroxylamine groups is 2. The summed E-state index contributed by atoms with van der Waals surface area (Å²) in [5.41, 5.74) is 3.73. The van der Waals surface area contributed by atoms with E-state index in [-0.39, 0.29) is 29.4 Å². The fourth-order valence-electron chi connectivity index (χ4n) is 6.56. The van der Waals surface area contributed by atoms with Crippen molar-refractivity contribution in [3.63, 3.8) is 0 Å². The van der Waals surface area contributed by atoms with E-state index in [9.17, 15) is 24.5 Å². The Morgan fingerprint density at radius 2 is 1.38 bits per heavy atom. The molecule has 16 heteroatoms. The Bertz CT molecular complexity index is 1990. The second-order valence-electron chi connectivity index (χ2n) is 14.0. The highest BCUT2D eigenvalue weighted by Crippen LogP contribution is 2.56. The molecule has 16 nitrogen and oxygen atoms in total. The van der Waals surface area contributed by atoms with Crippen LogP contribution in [0.4, 0.5) is 34.1 Å². The van der Waals surface area contributed by atoms with E-state index in [1.165, 1.54) is 38.5 Å². The first-order chi connectivity index (χ1) is 24.7. The van der Waals surface area contributed by atoms with Crippen LogP contribution in [0, 0.1) is 10.1 Å². The Kier molecular flexibility index (Phi) is 9.66. The van der Waals surface area contributed by atoms with E-state index in [0.29, 0.717) is 45.1 Å². The highest BCUT2D eigenvalue weighted by Gasteiger charge is 2.43. The second kappa shape index (κ2) is 14.0. The van der Waals surface area contributed by atoms with Gasteiger partial charge in [0.25, 0.3) is 17.5 Å². The van der Waals surface area contributed by atoms with Gasteiger partial charge >= 0.3 is 5.97 Å². The van der Waals surface area contributed by atoms with Gasteiger partial charge in [-0.2, -0.15) is 5.11 Å². The summed E-state index contributed by atoms with van der Waals surface area (Å²) in [5, 5.41) is 29.2. The lowest BCUT2D eigenvalue weighted by Crippen LogP contribution is -2.45. The van der Waals surface area contributed by atoms with Crippen LogP contribution in [0.5, 0.6) is 17.2 Å². The molecular weight excluding hydrogens is 674 g/mol. The molecule has 6 rings (SSSR count). The molecule has 0 unspecified atom stereocenters. The number of non-ortho nitro benzene ring substituents is 1. The third-order valence-corrected chi connectivity index (χ3v) is 9.58. The topological polar surface area (TPSA) is 187 Å². The minimum Gasteiger partial charge on any atom is -0.494 e. The van der Waals surface area contributed by atoms with Gasteiger partial charge in [0.05, 0.1) is 24.8 Å². The lowest BCUT2D eigenvalue weighted by molar-refractivity contribution is -0.384. The van der Waals surface area contributed by atoms with Crippen LogP contribution < -0.4 is 19.1 Å². The van der Waals surface area contributed by atoms with Gasteiger partial charge < -0.3 is 23.9 Å². The van der Waals surface area contributed by atoms with E-state index in [0.717, 1.165) is 42.7 Å². The maximum absolute atomic E-state index is 12.9. The molecule has 3 aliphatic rings. The smallest absolute Gasteiger partial charge is 0.370 e. The number of nitro groups is 1. The molecule has 0 atom stereocenters. The summed E-state index contributed by atoms with van der Waals surface area (Å²) in [5.74, 6) is -1.13. The number of imide groups is 1. The van der Waals surface area contributed by atoms with E-state index in [1.54, 1.807) is 12.1 Å². The molecule has 272 valence electrons. The zero-order valence-electron chi connectivity index (χ0n) is 29.8. The normalized spacial score (nSPS) is 17.4. The SMILES string of the molecule is COc1cc(N=Nc2cc3c4c(c2OCC(=O)ON2C(=O)CCC2=O)C(C)(C)CCN4CCC3(C)C)c(OC)cc1N=Nc1ccc([N+](=O)[O-])cc1. The van der Waals surface area contributed by atoms with Crippen LogP contribution in [-0.4, -0.2) is 61.7 Å². The number of anilines is 1. The molecule has 0 spiro atoms. The fraction of sp³-hybridized carbons (Fsp3) is 0.417. The van der Waals surface area contributed by atoms with Gasteiger partial charge in [-0.3, -0.25) is 19.7 Å². The third-order valence-electron chi connectivity index (χ3n) is 9.58. The Morgan fingerprint density at radius 3 is 1.96 bits per heavy atom.